The van der Waals surface area contributed by atoms with Gasteiger partial charge in [0.25, 0.3) is 6.43 Å². The van der Waals surface area contributed by atoms with Crippen LogP contribution in [0.25, 0.3) is 0 Å². The zero-order valence-electron chi connectivity index (χ0n) is 5.26. The second-order valence-corrected chi connectivity index (χ2v) is 2.19. The van der Waals surface area contributed by atoms with Crippen LogP contribution < -0.4 is 0 Å². The molecule has 2 nitrogen and oxygen atoms in total. The minimum absolute atomic E-state index is 0.285. The molecule has 0 spiro atoms. The first-order valence-electron chi connectivity index (χ1n) is 3.05. The van der Waals surface area contributed by atoms with Crippen LogP contribution in [-0.4, -0.2) is 19.1 Å². The number of alkyl halides is 2. The Hall–Kier alpha value is -0.690. The van der Waals surface area contributed by atoms with Gasteiger partial charge in [-0.25, -0.2) is 8.78 Å². The molecule has 2 atom stereocenters. The van der Waals surface area contributed by atoms with Gasteiger partial charge in [0.15, 0.2) is 0 Å². The minimum atomic E-state index is -2.52. The predicted octanol–water partition coefficient (Wildman–Crippen LogP) is 1.18. The summed E-state index contributed by atoms with van der Waals surface area (Å²) in [4.78, 5) is 0. The molecule has 1 aliphatic heterocycles. The van der Waals surface area contributed by atoms with E-state index in [2.05, 4.69) is 4.74 Å². The fraction of sp³-hybridized carbons (Fsp3) is 0.833. The Labute approximate surface area is 57.4 Å². The van der Waals surface area contributed by atoms with E-state index in [0.29, 0.717) is 6.42 Å². The summed E-state index contributed by atoms with van der Waals surface area (Å²) in [6.45, 7) is 0.285. The molecule has 56 valence electrons. The van der Waals surface area contributed by atoms with E-state index in [9.17, 15) is 8.78 Å². The number of hydrogen-bond donors (Lipinski definition) is 0. The summed E-state index contributed by atoms with van der Waals surface area (Å²) in [5, 5.41) is 8.32. The summed E-state index contributed by atoms with van der Waals surface area (Å²) in [5.41, 5.74) is 0. The molecule has 0 saturated carbocycles. The third-order valence-corrected chi connectivity index (χ3v) is 1.55. The Morgan fingerprint density at radius 3 is 2.70 bits per heavy atom. The van der Waals surface area contributed by atoms with E-state index in [1.54, 1.807) is 6.07 Å². The molecule has 1 rings (SSSR count). The predicted molar refractivity (Wildman–Crippen MR) is 29.5 cm³/mol. The Balaban J connectivity index is 2.52. The third kappa shape index (κ3) is 1.24. The maximum atomic E-state index is 11.9. The van der Waals surface area contributed by atoms with Gasteiger partial charge in [0.2, 0.25) is 0 Å². The molecule has 0 bridgehead atoms. The monoisotopic (exact) mass is 147 g/mol. The van der Waals surface area contributed by atoms with Crippen molar-refractivity contribution in [2.75, 3.05) is 6.61 Å². The van der Waals surface area contributed by atoms with Gasteiger partial charge in [-0.15, -0.1) is 0 Å². The average molecular weight is 147 g/mol. The van der Waals surface area contributed by atoms with Crippen LogP contribution >= 0.6 is 0 Å². The van der Waals surface area contributed by atoms with Gasteiger partial charge in [0, 0.05) is 6.61 Å². The quantitative estimate of drug-likeness (QED) is 0.558. The lowest BCUT2D eigenvalue weighted by Crippen LogP contribution is -2.23. The van der Waals surface area contributed by atoms with Gasteiger partial charge in [-0.05, 0) is 6.42 Å². The fourth-order valence-electron chi connectivity index (χ4n) is 0.998. The number of hydrogen-bond acceptors (Lipinski definition) is 2. The maximum absolute atomic E-state index is 11.9. The highest BCUT2D eigenvalue weighted by atomic mass is 19.3. The first-order chi connectivity index (χ1) is 4.75. The highest BCUT2D eigenvalue weighted by Crippen LogP contribution is 2.24. The summed E-state index contributed by atoms with van der Waals surface area (Å²) in [6, 6.07) is 1.79. The summed E-state index contributed by atoms with van der Waals surface area (Å²) in [7, 11) is 0. The standard InChI is InChI=1S/C6H7F2NO/c7-6(8)5-4(3-9)1-2-10-5/h4-6H,1-2H2/t4-,5-/m0/s1. The molecule has 0 aromatic rings. The van der Waals surface area contributed by atoms with Gasteiger partial charge in [-0.2, -0.15) is 5.26 Å². The molecule has 0 aromatic carbocycles. The molecule has 0 aliphatic carbocycles. The van der Waals surface area contributed by atoms with Crippen molar-refractivity contribution in [3.63, 3.8) is 0 Å². The first-order valence-corrected chi connectivity index (χ1v) is 3.05. The molecular formula is C6H7F2NO. The lowest BCUT2D eigenvalue weighted by molar-refractivity contribution is -0.0317. The van der Waals surface area contributed by atoms with Crippen LogP contribution in [0.3, 0.4) is 0 Å². The largest absolute Gasteiger partial charge is 0.371 e. The van der Waals surface area contributed by atoms with Crippen LogP contribution in [0.2, 0.25) is 0 Å². The van der Waals surface area contributed by atoms with E-state index in [4.69, 9.17) is 5.26 Å². The SMILES string of the molecule is N#C[C@@H]1CCO[C@@H]1C(F)F. The Bertz CT molecular complexity index is 154. The molecule has 1 saturated heterocycles. The molecule has 1 fully saturated rings. The summed E-state index contributed by atoms with van der Waals surface area (Å²) in [5.74, 6) is -0.611. The maximum Gasteiger partial charge on any atom is 0.265 e. The zero-order chi connectivity index (χ0) is 7.56. The zero-order valence-corrected chi connectivity index (χ0v) is 5.26. The molecule has 0 amide bonds. The number of halogens is 2. The molecule has 10 heavy (non-hydrogen) atoms. The number of nitrogens with zero attached hydrogens (tertiary/aromatic N) is 1. The van der Waals surface area contributed by atoms with E-state index in [1.807, 2.05) is 0 Å². The van der Waals surface area contributed by atoms with E-state index >= 15 is 0 Å². The Morgan fingerprint density at radius 1 is 1.60 bits per heavy atom. The van der Waals surface area contributed by atoms with Gasteiger partial charge in [-0.1, -0.05) is 0 Å². The van der Waals surface area contributed by atoms with Crippen molar-refractivity contribution in [3.8, 4) is 6.07 Å². The van der Waals surface area contributed by atoms with Crippen molar-refractivity contribution < 1.29 is 13.5 Å². The third-order valence-electron chi connectivity index (χ3n) is 1.55. The van der Waals surface area contributed by atoms with Crippen molar-refractivity contribution in [1.29, 1.82) is 5.26 Å². The normalized spacial score (nSPS) is 32.6. The lowest BCUT2D eigenvalue weighted by atomic mass is 10.0. The number of ether oxygens (including phenoxy) is 1. The molecule has 0 radical (unpaired) electrons. The Kier molecular flexibility index (Phi) is 2.17. The molecule has 4 heteroatoms. The second kappa shape index (κ2) is 2.93. The van der Waals surface area contributed by atoms with Gasteiger partial charge in [0.1, 0.15) is 6.10 Å². The molecular weight excluding hydrogens is 140 g/mol. The van der Waals surface area contributed by atoms with Gasteiger partial charge in [-0.3, -0.25) is 0 Å². The second-order valence-electron chi connectivity index (χ2n) is 2.19. The molecule has 0 aromatic heterocycles. The van der Waals surface area contributed by atoms with Gasteiger partial charge in [0.05, 0.1) is 12.0 Å². The topological polar surface area (TPSA) is 33.0 Å². The van der Waals surface area contributed by atoms with Gasteiger partial charge >= 0.3 is 0 Å². The molecule has 0 N–H and O–H groups in total. The van der Waals surface area contributed by atoms with Crippen molar-refractivity contribution in [2.24, 2.45) is 5.92 Å². The van der Waals surface area contributed by atoms with Gasteiger partial charge < -0.3 is 4.74 Å². The molecule has 1 aliphatic rings. The van der Waals surface area contributed by atoms with Crippen molar-refractivity contribution in [3.05, 3.63) is 0 Å². The molecule has 0 unspecified atom stereocenters. The highest BCUT2D eigenvalue weighted by Gasteiger charge is 2.35. The van der Waals surface area contributed by atoms with E-state index in [0.717, 1.165) is 0 Å². The average Bonchev–Trinajstić information content (AvgIpc) is 2.33. The van der Waals surface area contributed by atoms with Crippen LogP contribution in [0.4, 0.5) is 8.78 Å². The van der Waals surface area contributed by atoms with E-state index in [1.165, 1.54) is 0 Å². The number of rotatable bonds is 1. The van der Waals surface area contributed by atoms with Crippen LogP contribution in [0.15, 0.2) is 0 Å². The summed E-state index contributed by atoms with van der Waals surface area (Å²) in [6.07, 6.45) is -3.23. The van der Waals surface area contributed by atoms with Crippen LogP contribution in [0.1, 0.15) is 6.42 Å². The lowest BCUT2D eigenvalue weighted by Gasteiger charge is -2.09. The van der Waals surface area contributed by atoms with Crippen LogP contribution in [0, 0.1) is 17.2 Å². The highest BCUT2D eigenvalue weighted by molar-refractivity contribution is 4.93. The van der Waals surface area contributed by atoms with Crippen molar-refractivity contribution >= 4 is 0 Å². The van der Waals surface area contributed by atoms with Crippen LogP contribution in [0.5, 0.6) is 0 Å². The van der Waals surface area contributed by atoms with E-state index in [-0.39, 0.29) is 6.61 Å². The first kappa shape index (κ1) is 7.42. The molecule has 1 heterocycles. The smallest absolute Gasteiger partial charge is 0.265 e. The summed E-state index contributed by atoms with van der Waals surface area (Å²) >= 11 is 0. The number of nitriles is 1. The minimum Gasteiger partial charge on any atom is -0.371 e. The van der Waals surface area contributed by atoms with E-state index < -0.39 is 18.4 Å². The summed E-state index contributed by atoms with van der Waals surface area (Å²) < 4.78 is 28.4. The fourth-order valence-corrected chi connectivity index (χ4v) is 0.998. The Morgan fingerprint density at radius 2 is 2.30 bits per heavy atom. The van der Waals surface area contributed by atoms with Crippen molar-refractivity contribution in [2.45, 2.75) is 19.0 Å². The van der Waals surface area contributed by atoms with Crippen molar-refractivity contribution in [1.82, 2.24) is 0 Å². The van der Waals surface area contributed by atoms with Crippen LogP contribution in [-0.2, 0) is 4.74 Å².